The molecule has 17 heavy (non-hydrogen) atoms. The second-order valence-corrected chi connectivity index (χ2v) is 3.08. The Morgan fingerprint density at radius 1 is 0.941 bits per heavy atom. The van der Waals surface area contributed by atoms with Crippen LogP contribution in [-0.4, -0.2) is 45.6 Å². The van der Waals surface area contributed by atoms with Gasteiger partial charge in [0.2, 0.25) is 0 Å². The molecule has 0 bridgehead atoms. The summed E-state index contributed by atoms with van der Waals surface area (Å²) in [7, 11) is 0. The summed E-state index contributed by atoms with van der Waals surface area (Å²) in [6.45, 7) is 11.9. The molecule has 0 aliphatic carbocycles. The molecule has 0 saturated heterocycles. The summed E-state index contributed by atoms with van der Waals surface area (Å²) in [5.41, 5.74) is 0. The molecule has 0 heterocycles. The van der Waals surface area contributed by atoms with Gasteiger partial charge in [-0.2, -0.15) is 0 Å². The summed E-state index contributed by atoms with van der Waals surface area (Å²) >= 11 is 0. The summed E-state index contributed by atoms with van der Waals surface area (Å²) < 4.78 is 26.7. The largest absolute Gasteiger partial charge is 0.446 e. The van der Waals surface area contributed by atoms with E-state index in [9.17, 15) is 0 Å². The standard InChI is InChI=1S/C12H24O5/c1-5-13-9-10-14-11-12(15-6-2,16-7-3)17-8-4/h6H,2,5,7-11H2,1,3-4H3. The lowest BCUT2D eigenvalue weighted by atomic mass is 10.5. The minimum absolute atomic E-state index is 0.174. The molecule has 0 radical (unpaired) electrons. The molecule has 0 aromatic carbocycles. The zero-order valence-electron chi connectivity index (χ0n) is 11.1. The predicted octanol–water partition coefficient (Wildman–Crippen LogP) is 1.93. The second-order valence-electron chi connectivity index (χ2n) is 3.08. The quantitative estimate of drug-likeness (QED) is 0.300. The average Bonchev–Trinajstić information content (AvgIpc) is 2.30. The van der Waals surface area contributed by atoms with E-state index in [1.165, 1.54) is 6.26 Å². The zero-order valence-corrected chi connectivity index (χ0v) is 11.1. The van der Waals surface area contributed by atoms with E-state index in [0.29, 0.717) is 33.0 Å². The van der Waals surface area contributed by atoms with Crippen molar-refractivity contribution in [1.29, 1.82) is 0 Å². The van der Waals surface area contributed by atoms with Gasteiger partial charge in [-0.1, -0.05) is 6.58 Å². The third-order valence-corrected chi connectivity index (χ3v) is 1.85. The first kappa shape index (κ1) is 16.4. The van der Waals surface area contributed by atoms with E-state index in [2.05, 4.69) is 6.58 Å². The van der Waals surface area contributed by atoms with Crippen LogP contribution in [0.4, 0.5) is 0 Å². The number of ether oxygens (including phenoxy) is 5. The van der Waals surface area contributed by atoms with Crippen molar-refractivity contribution in [3.05, 3.63) is 12.8 Å². The summed E-state index contributed by atoms with van der Waals surface area (Å²) in [6.07, 6.45) is 1.29. The van der Waals surface area contributed by atoms with Crippen LogP contribution < -0.4 is 0 Å². The molecule has 0 aromatic heterocycles. The fourth-order valence-corrected chi connectivity index (χ4v) is 1.25. The van der Waals surface area contributed by atoms with Crippen molar-refractivity contribution in [1.82, 2.24) is 0 Å². The van der Waals surface area contributed by atoms with Gasteiger partial charge in [0, 0.05) is 6.61 Å². The molecule has 0 spiro atoms. The van der Waals surface area contributed by atoms with Crippen LogP contribution in [0.5, 0.6) is 0 Å². The van der Waals surface area contributed by atoms with E-state index in [1.807, 2.05) is 20.8 Å². The maximum absolute atomic E-state index is 5.44. The van der Waals surface area contributed by atoms with Crippen LogP contribution in [0, 0.1) is 0 Å². The van der Waals surface area contributed by atoms with Gasteiger partial charge in [-0.05, 0) is 20.8 Å². The topological polar surface area (TPSA) is 46.2 Å². The van der Waals surface area contributed by atoms with Gasteiger partial charge in [0.25, 0.3) is 0 Å². The highest BCUT2D eigenvalue weighted by atomic mass is 16.9. The SMILES string of the molecule is C=COC(COCCOCC)(OCC)OCC. The lowest BCUT2D eigenvalue weighted by Gasteiger charge is -2.31. The maximum Gasteiger partial charge on any atom is 0.351 e. The Labute approximate surface area is 104 Å². The third-order valence-electron chi connectivity index (χ3n) is 1.85. The van der Waals surface area contributed by atoms with Crippen molar-refractivity contribution in [2.24, 2.45) is 0 Å². The molecule has 0 fully saturated rings. The van der Waals surface area contributed by atoms with E-state index in [1.54, 1.807) is 0 Å². The molecule has 0 amide bonds. The van der Waals surface area contributed by atoms with Gasteiger partial charge in [0.1, 0.15) is 6.61 Å². The van der Waals surface area contributed by atoms with Crippen molar-refractivity contribution in [3.63, 3.8) is 0 Å². The van der Waals surface area contributed by atoms with Crippen LogP contribution in [-0.2, 0) is 23.7 Å². The Morgan fingerprint density at radius 3 is 2.00 bits per heavy atom. The van der Waals surface area contributed by atoms with E-state index >= 15 is 0 Å². The van der Waals surface area contributed by atoms with Crippen LogP contribution in [0.15, 0.2) is 12.8 Å². The molecular formula is C12H24O5. The summed E-state index contributed by atoms with van der Waals surface area (Å²) in [4.78, 5) is 0. The van der Waals surface area contributed by atoms with Crippen molar-refractivity contribution >= 4 is 0 Å². The molecule has 5 heteroatoms. The van der Waals surface area contributed by atoms with Gasteiger partial charge in [-0.3, -0.25) is 0 Å². The predicted molar refractivity (Wildman–Crippen MR) is 64.6 cm³/mol. The number of hydrogen-bond donors (Lipinski definition) is 0. The highest BCUT2D eigenvalue weighted by Gasteiger charge is 2.33. The molecular weight excluding hydrogens is 224 g/mol. The highest BCUT2D eigenvalue weighted by Crippen LogP contribution is 2.16. The van der Waals surface area contributed by atoms with E-state index in [4.69, 9.17) is 23.7 Å². The average molecular weight is 248 g/mol. The molecule has 0 saturated carbocycles. The summed E-state index contributed by atoms with van der Waals surface area (Å²) in [6, 6.07) is 0. The van der Waals surface area contributed by atoms with Crippen LogP contribution in [0.2, 0.25) is 0 Å². The normalized spacial score (nSPS) is 11.5. The van der Waals surface area contributed by atoms with Crippen molar-refractivity contribution in [3.8, 4) is 0 Å². The molecule has 0 aromatic rings. The fraction of sp³-hybridized carbons (Fsp3) is 0.833. The van der Waals surface area contributed by atoms with E-state index in [0.717, 1.165) is 0 Å². The van der Waals surface area contributed by atoms with Gasteiger partial charge >= 0.3 is 5.97 Å². The van der Waals surface area contributed by atoms with Gasteiger partial charge in [-0.15, -0.1) is 0 Å². The van der Waals surface area contributed by atoms with Gasteiger partial charge < -0.3 is 23.7 Å². The maximum atomic E-state index is 5.44. The first-order chi connectivity index (χ1) is 8.24. The molecule has 0 aliphatic heterocycles. The summed E-state index contributed by atoms with van der Waals surface area (Å²) in [5, 5.41) is 0. The van der Waals surface area contributed by atoms with Gasteiger partial charge in [0.15, 0.2) is 0 Å². The molecule has 5 nitrogen and oxygen atoms in total. The number of rotatable bonds is 12. The van der Waals surface area contributed by atoms with Crippen LogP contribution in [0.1, 0.15) is 20.8 Å². The molecule has 102 valence electrons. The third kappa shape index (κ3) is 7.33. The van der Waals surface area contributed by atoms with Crippen LogP contribution in [0.25, 0.3) is 0 Å². The van der Waals surface area contributed by atoms with Crippen molar-refractivity contribution in [2.45, 2.75) is 26.7 Å². The first-order valence-corrected chi connectivity index (χ1v) is 5.96. The molecule has 0 unspecified atom stereocenters. The molecule has 0 atom stereocenters. The smallest absolute Gasteiger partial charge is 0.351 e. The van der Waals surface area contributed by atoms with E-state index in [-0.39, 0.29) is 6.61 Å². The Balaban J connectivity index is 4.09. The number of hydrogen-bond acceptors (Lipinski definition) is 5. The Morgan fingerprint density at radius 2 is 1.53 bits per heavy atom. The fourth-order valence-electron chi connectivity index (χ4n) is 1.25. The van der Waals surface area contributed by atoms with E-state index < -0.39 is 5.97 Å². The summed E-state index contributed by atoms with van der Waals surface area (Å²) in [5.74, 6) is -1.20. The van der Waals surface area contributed by atoms with Crippen molar-refractivity contribution in [2.75, 3.05) is 39.6 Å². The van der Waals surface area contributed by atoms with Gasteiger partial charge in [-0.25, -0.2) is 0 Å². The Hall–Kier alpha value is -0.620. The Kier molecular flexibility index (Phi) is 10.1. The lowest BCUT2D eigenvalue weighted by Crippen LogP contribution is -2.43. The molecule has 0 aliphatic rings. The highest BCUT2D eigenvalue weighted by molar-refractivity contribution is 4.62. The minimum Gasteiger partial charge on any atom is -0.446 e. The minimum atomic E-state index is -1.20. The van der Waals surface area contributed by atoms with Gasteiger partial charge in [0.05, 0.1) is 32.7 Å². The molecule has 0 N–H and O–H groups in total. The van der Waals surface area contributed by atoms with Crippen molar-refractivity contribution < 1.29 is 23.7 Å². The Bertz CT molecular complexity index is 178. The lowest BCUT2D eigenvalue weighted by molar-refractivity contribution is -0.374. The first-order valence-electron chi connectivity index (χ1n) is 5.96. The van der Waals surface area contributed by atoms with Crippen LogP contribution >= 0.6 is 0 Å². The monoisotopic (exact) mass is 248 g/mol. The van der Waals surface area contributed by atoms with Crippen LogP contribution in [0.3, 0.4) is 0 Å². The zero-order chi connectivity index (χ0) is 13.0. The molecule has 0 rings (SSSR count). The second kappa shape index (κ2) is 10.5.